The third-order valence-corrected chi connectivity index (χ3v) is 3.17. The minimum atomic E-state index is -0.531. The van der Waals surface area contributed by atoms with Crippen LogP contribution in [0.15, 0.2) is 24.3 Å². The summed E-state index contributed by atoms with van der Waals surface area (Å²) in [6.45, 7) is 7.52. The van der Waals surface area contributed by atoms with Crippen molar-refractivity contribution in [1.29, 1.82) is 5.26 Å². The molecule has 4 heteroatoms. The minimum absolute atomic E-state index is 0.0943. The molecule has 0 aliphatic rings. The Hall–Kier alpha value is -1.86. The van der Waals surface area contributed by atoms with Gasteiger partial charge in [-0.05, 0) is 37.5 Å². The maximum Gasteiger partial charge on any atom is 0.241 e. The lowest BCUT2D eigenvalue weighted by molar-refractivity contribution is -0.118. The van der Waals surface area contributed by atoms with E-state index in [0.717, 1.165) is 5.56 Å². The fraction of sp³-hybridized carbons (Fsp3) is 0.467. The molecule has 0 unspecified atom stereocenters. The van der Waals surface area contributed by atoms with Gasteiger partial charge in [-0.25, -0.2) is 0 Å². The standard InChI is InChI=1S/C15H21N3O/c1-10(2)13(17)14(19)18-12-7-5-11(6-8-12)15(3,4)9-16/h5-8,10,13H,17H2,1-4H3,(H,18,19)/t13-/m1/s1. The first-order chi connectivity index (χ1) is 8.77. The molecule has 4 nitrogen and oxygen atoms in total. The minimum Gasteiger partial charge on any atom is -0.325 e. The van der Waals surface area contributed by atoms with Gasteiger partial charge in [0.1, 0.15) is 0 Å². The van der Waals surface area contributed by atoms with Crippen molar-refractivity contribution < 1.29 is 4.79 Å². The third kappa shape index (κ3) is 3.80. The summed E-state index contributed by atoms with van der Waals surface area (Å²) in [5, 5.41) is 11.8. The van der Waals surface area contributed by atoms with Gasteiger partial charge < -0.3 is 11.1 Å². The molecule has 1 atom stereocenters. The number of hydrogen-bond acceptors (Lipinski definition) is 3. The predicted octanol–water partition coefficient (Wildman–Crippen LogP) is 2.41. The lowest BCUT2D eigenvalue weighted by Crippen LogP contribution is -2.39. The van der Waals surface area contributed by atoms with E-state index in [1.54, 1.807) is 12.1 Å². The first kappa shape index (κ1) is 15.2. The smallest absolute Gasteiger partial charge is 0.241 e. The van der Waals surface area contributed by atoms with Crippen LogP contribution < -0.4 is 11.1 Å². The second kappa shape index (κ2) is 5.85. The van der Waals surface area contributed by atoms with Gasteiger partial charge in [0.05, 0.1) is 17.5 Å². The van der Waals surface area contributed by atoms with Crippen LogP contribution in [0.2, 0.25) is 0 Å². The number of carbonyl (C=O) groups is 1. The monoisotopic (exact) mass is 259 g/mol. The van der Waals surface area contributed by atoms with Crippen LogP contribution in [-0.4, -0.2) is 11.9 Å². The lowest BCUT2D eigenvalue weighted by Gasteiger charge is -2.18. The second-order valence-corrected chi connectivity index (χ2v) is 5.57. The van der Waals surface area contributed by atoms with Crippen molar-refractivity contribution in [3.05, 3.63) is 29.8 Å². The van der Waals surface area contributed by atoms with E-state index < -0.39 is 11.5 Å². The SMILES string of the molecule is CC(C)[C@@H](N)C(=O)Nc1ccc(C(C)(C)C#N)cc1. The molecule has 0 bridgehead atoms. The summed E-state index contributed by atoms with van der Waals surface area (Å²) in [6, 6.07) is 9.00. The Morgan fingerprint density at radius 2 is 1.84 bits per heavy atom. The van der Waals surface area contributed by atoms with Crippen molar-refractivity contribution in [3.8, 4) is 6.07 Å². The number of nitrogens with zero attached hydrogens (tertiary/aromatic N) is 1. The molecule has 102 valence electrons. The van der Waals surface area contributed by atoms with Gasteiger partial charge in [0, 0.05) is 5.69 Å². The summed E-state index contributed by atoms with van der Waals surface area (Å²) >= 11 is 0. The molecule has 0 aliphatic heterocycles. The number of nitrogens with two attached hydrogens (primary N) is 1. The van der Waals surface area contributed by atoms with E-state index in [9.17, 15) is 4.79 Å². The summed E-state index contributed by atoms with van der Waals surface area (Å²) in [5.41, 5.74) is 6.85. The Bertz CT molecular complexity index is 483. The molecule has 3 N–H and O–H groups in total. The molecule has 1 aromatic rings. The van der Waals surface area contributed by atoms with Crippen molar-refractivity contribution in [2.45, 2.75) is 39.2 Å². The molecule has 19 heavy (non-hydrogen) atoms. The van der Waals surface area contributed by atoms with Crippen LogP contribution in [0.4, 0.5) is 5.69 Å². The molecule has 0 spiro atoms. The fourth-order valence-corrected chi connectivity index (χ4v) is 1.56. The molecular weight excluding hydrogens is 238 g/mol. The molecule has 0 saturated heterocycles. The second-order valence-electron chi connectivity index (χ2n) is 5.57. The number of anilines is 1. The molecule has 0 heterocycles. The van der Waals surface area contributed by atoms with Gasteiger partial charge in [-0.15, -0.1) is 0 Å². The summed E-state index contributed by atoms with van der Waals surface area (Å²) in [6.07, 6.45) is 0. The maximum atomic E-state index is 11.8. The van der Waals surface area contributed by atoms with Crippen molar-refractivity contribution in [2.24, 2.45) is 11.7 Å². The molecule has 1 aromatic carbocycles. The highest BCUT2D eigenvalue weighted by Gasteiger charge is 2.20. The zero-order valence-corrected chi connectivity index (χ0v) is 11.9. The summed E-state index contributed by atoms with van der Waals surface area (Å²) in [4.78, 5) is 11.8. The number of carbonyl (C=O) groups excluding carboxylic acids is 1. The molecule has 0 aromatic heterocycles. The number of nitriles is 1. The number of amides is 1. The van der Waals surface area contributed by atoms with Crippen molar-refractivity contribution in [1.82, 2.24) is 0 Å². The number of nitrogens with one attached hydrogen (secondary N) is 1. The average Bonchev–Trinajstić information content (AvgIpc) is 2.38. The van der Waals surface area contributed by atoms with E-state index in [1.165, 1.54) is 0 Å². The molecule has 1 amide bonds. The van der Waals surface area contributed by atoms with E-state index >= 15 is 0 Å². The van der Waals surface area contributed by atoms with Crippen LogP contribution in [0.1, 0.15) is 33.3 Å². The van der Waals surface area contributed by atoms with Crippen LogP contribution in [0.3, 0.4) is 0 Å². The zero-order chi connectivity index (χ0) is 14.6. The van der Waals surface area contributed by atoms with E-state index in [-0.39, 0.29) is 11.8 Å². The van der Waals surface area contributed by atoms with Crippen LogP contribution >= 0.6 is 0 Å². The van der Waals surface area contributed by atoms with Crippen LogP contribution in [0, 0.1) is 17.2 Å². The summed E-state index contributed by atoms with van der Waals surface area (Å²) in [7, 11) is 0. The molecule has 0 fully saturated rings. The fourth-order valence-electron chi connectivity index (χ4n) is 1.56. The van der Waals surface area contributed by atoms with Crippen molar-refractivity contribution >= 4 is 11.6 Å². The van der Waals surface area contributed by atoms with Gasteiger partial charge in [0.15, 0.2) is 0 Å². The maximum absolute atomic E-state index is 11.8. The third-order valence-electron chi connectivity index (χ3n) is 3.17. The number of benzene rings is 1. The van der Waals surface area contributed by atoms with Gasteiger partial charge in [-0.3, -0.25) is 4.79 Å². The van der Waals surface area contributed by atoms with Gasteiger partial charge >= 0.3 is 0 Å². The molecular formula is C15H21N3O. The topological polar surface area (TPSA) is 78.9 Å². The Morgan fingerprint density at radius 3 is 2.26 bits per heavy atom. The Labute approximate surface area is 114 Å². The van der Waals surface area contributed by atoms with Gasteiger partial charge in [0.25, 0.3) is 0 Å². The van der Waals surface area contributed by atoms with Gasteiger partial charge in [-0.2, -0.15) is 5.26 Å². The molecule has 0 saturated carbocycles. The number of rotatable bonds is 4. The van der Waals surface area contributed by atoms with E-state index in [2.05, 4.69) is 11.4 Å². The van der Waals surface area contributed by atoms with Crippen molar-refractivity contribution in [3.63, 3.8) is 0 Å². The number of hydrogen-bond donors (Lipinski definition) is 2. The Morgan fingerprint density at radius 1 is 1.32 bits per heavy atom. The zero-order valence-electron chi connectivity index (χ0n) is 11.9. The highest BCUT2D eigenvalue weighted by atomic mass is 16.2. The summed E-state index contributed by atoms with van der Waals surface area (Å²) < 4.78 is 0. The first-order valence-electron chi connectivity index (χ1n) is 6.36. The van der Waals surface area contributed by atoms with Gasteiger partial charge in [-0.1, -0.05) is 26.0 Å². The average molecular weight is 259 g/mol. The van der Waals surface area contributed by atoms with E-state index in [1.807, 2.05) is 39.8 Å². The normalized spacial score (nSPS) is 12.9. The van der Waals surface area contributed by atoms with Crippen LogP contribution in [0.25, 0.3) is 0 Å². The highest BCUT2D eigenvalue weighted by Crippen LogP contribution is 2.23. The van der Waals surface area contributed by atoms with Gasteiger partial charge in [0.2, 0.25) is 5.91 Å². The molecule has 0 aliphatic carbocycles. The van der Waals surface area contributed by atoms with E-state index in [4.69, 9.17) is 11.0 Å². The first-order valence-corrected chi connectivity index (χ1v) is 6.36. The summed E-state index contributed by atoms with van der Waals surface area (Å²) in [5.74, 6) is -0.0981. The van der Waals surface area contributed by atoms with E-state index in [0.29, 0.717) is 5.69 Å². The quantitative estimate of drug-likeness (QED) is 0.871. The predicted molar refractivity (Wildman–Crippen MR) is 76.5 cm³/mol. The largest absolute Gasteiger partial charge is 0.325 e. The van der Waals surface area contributed by atoms with Crippen molar-refractivity contribution in [2.75, 3.05) is 5.32 Å². The Balaban J connectivity index is 2.79. The Kier molecular flexibility index (Phi) is 4.68. The highest BCUT2D eigenvalue weighted by molar-refractivity contribution is 5.94. The lowest BCUT2D eigenvalue weighted by atomic mass is 9.86. The van der Waals surface area contributed by atoms with Crippen LogP contribution in [0.5, 0.6) is 0 Å². The molecule has 0 radical (unpaired) electrons. The molecule has 1 rings (SSSR count). The van der Waals surface area contributed by atoms with Crippen LogP contribution in [-0.2, 0) is 10.2 Å².